The van der Waals surface area contributed by atoms with Gasteiger partial charge in [-0.25, -0.2) is 0 Å². The molecule has 0 bridgehead atoms. The summed E-state index contributed by atoms with van der Waals surface area (Å²) < 4.78 is 0. The highest BCUT2D eigenvalue weighted by atomic mass is 16.4. The summed E-state index contributed by atoms with van der Waals surface area (Å²) >= 11 is 0. The number of nitrogens with zero attached hydrogens (tertiary/aromatic N) is 1. The van der Waals surface area contributed by atoms with Gasteiger partial charge in [0, 0.05) is 12.5 Å². The Morgan fingerprint density at radius 2 is 2.21 bits per heavy atom. The van der Waals surface area contributed by atoms with E-state index in [-0.39, 0.29) is 5.92 Å². The molecular formula is C11H21NO2. The molecule has 1 heterocycles. The average Bonchev–Trinajstić information content (AvgIpc) is 2.28. The van der Waals surface area contributed by atoms with Gasteiger partial charge in [-0.15, -0.1) is 0 Å². The van der Waals surface area contributed by atoms with Crippen LogP contribution in [0.3, 0.4) is 0 Å². The van der Waals surface area contributed by atoms with Crippen LogP contribution >= 0.6 is 0 Å². The maximum Gasteiger partial charge on any atom is 0.303 e. The van der Waals surface area contributed by atoms with Crippen molar-refractivity contribution in [3.8, 4) is 0 Å². The fourth-order valence-electron chi connectivity index (χ4n) is 2.41. The van der Waals surface area contributed by atoms with Crippen LogP contribution in [0.4, 0.5) is 0 Å². The number of hydrogen-bond acceptors (Lipinski definition) is 2. The Hall–Kier alpha value is -0.570. The quantitative estimate of drug-likeness (QED) is 0.755. The third-order valence-corrected chi connectivity index (χ3v) is 3.23. The van der Waals surface area contributed by atoms with E-state index < -0.39 is 5.97 Å². The van der Waals surface area contributed by atoms with E-state index in [0.29, 0.717) is 12.5 Å². The highest BCUT2D eigenvalue weighted by molar-refractivity contribution is 5.67. The number of rotatable bonds is 3. The van der Waals surface area contributed by atoms with Crippen molar-refractivity contribution in [2.75, 3.05) is 13.6 Å². The Morgan fingerprint density at radius 1 is 1.50 bits per heavy atom. The first-order valence-electron chi connectivity index (χ1n) is 5.53. The second-order valence-electron chi connectivity index (χ2n) is 4.47. The summed E-state index contributed by atoms with van der Waals surface area (Å²) in [5, 5.41) is 8.75. The standard InChI is InChI=1S/C11H21NO2/c1-9(8-11(13)14)10-6-4-3-5-7-12(10)2/h9-10H,3-8H2,1-2H3,(H,13,14). The van der Waals surface area contributed by atoms with Gasteiger partial charge in [-0.2, -0.15) is 0 Å². The van der Waals surface area contributed by atoms with Crippen LogP contribution in [0.2, 0.25) is 0 Å². The third kappa shape index (κ3) is 3.29. The monoisotopic (exact) mass is 199 g/mol. The molecule has 0 aliphatic carbocycles. The summed E-state index contributed by atoms with van der Waals surface area (Å²) in [5.41, 5.74) is 0. The zero-order valence-electron chi connectivity index (χ0n) is 9.20. The third-order valence-electron chi connectivity index (χ3n) is 3.23. The maximum atomic E-state index is 10.6. The number of carboxylic acid groups (broad SMARTS) is 1. The van der Waals surface area contributed by atoms with Gasteiger partial charge in [-0.05, 0) is 32.4 Å². The molecule has 0 radical (unpaired) electrons. The molecule has 14 heavy (non-hydrogen) atoms. The Bertz CT molecular complexity index is 194. The van der Waals surface area contributed by atoms with Crippen molar-refractivity contribution in [1.29, 1.82) is 0 Å². The predicted octanol–water partition coefficient (Wildman–Crippen LogP) is 1.97. The smallest absolute Gasteiger partial charge is 0.303 e. The molecule has 1 N–H and O–H groups in total. The van der Waals surface area contributed by atoms with Crippen molar-refractivity contribution in [1.82, 2.24) is 4.90 Å². The number of hydrogen-bond donors (Lipinski definition) is 1. The van der Waals surface area contributed by atoms with Crippen LogP contribution < -0.4 is 0 Å². The van der Waals surface area contributed by atoms with Crippen molar-refractivity contribution < 1.29 is 9.90 Å². The summed E-state index contributed by atoms with van der Waals surface area (Å²) in [7, 11) is 2.12. The topological polar surface area (TPSA) is 40.5 Å². The van der Waals surface area contributed by atoms with Gasteiger partial charge >= 0.3 is 5.97 Å². The lowest BCUT2D eigenvalue weighted by Gasteiger charge is -2.30. The molecule has 1 aliphatic rings. The van der Waals surface area contributed by atoms with Crippen LogP contribution in [-0.2, 0) is 4.79 Å². The summed E-state index contributed by atoms with van der Waals surface area (Å²) in [4.78, 5) is 13.0. The van der Waals surface area contributed by atoms with Gasteiger partial charge in [0.05, 0.1) is 0 Å². The summed E-state index contributed by atoms with van der Waals surface area (Å²) in [6.45, 7) is 3.18. The maximum absolute atomic E-state index is 10.6. The van der Waals surface area contributed by atoms with E-state index in [1.807, 2.05) is 0 Å². The SMILES string of the molecule is CC(CC(=O)O)C1CCCCCN1C. The number of likely N-dealkylation sites (tertiary alicyclic amines) is 1. The van der Waals surface area contributed by atoms with E-state index in [0.717, 1.165) is 13.0 Å². The van der Waals surface area contributed by atoms with Crippen LogP contribution in [0.15, 0.2) is 0 Å². The molecule has 2 unspecified atom stereocenters. The van der Waals surface area contributed by atoms with Crippen molar-refractivity contribution in [3.05, 3.63) is 0 Å². The largest absolute Gasteiger partial charge is 0.481 e. The van der Waals surface area contributed by atoms with Crippen LogP contribution in [-0.4, -0.2) is 35.6 Å². The first kappa shape index (κ1) is 11.5. The molecule has 1 aliphatic heterocycles. The number of aliphatic carboxylic acids is 1. The Labute approximate surface area is 86.1 Å². The van der Waals surface area contributed by atoms with Gasteiger partial charge in [-0.1, -0.05) is 19.8 Å². The molecule has 0 aromatic carbocycles. The fraction of sp³-hybridized carbons (Fsp3) is 0.909. The highest BCUT2D eigenvalue weighted by Gasteiger charge is 2.24. The van der Waals surface area contributed by atoms with E-state index in [2.05, 4.69) is 18.9 Å². The molecule has 1 saturated heterocycles. The second kappa shape index (κ2) is 5.35. The zero-order valence-corrected chi connectivity index (χ0v) is 9.20. The molecule has 3 heteroatoms. The van der Waals surface area contributed by atoms with Crippen molar-refractivity contribution >= 4 is 5.97 Å². The van der Waals surface area contributed by atoms with E-state index >= 15 is 0 Å². The fourth-order valence-corrected chi connectivity index (χ4v) is 2.41. The molecule has 0 spiro atoms. The lowest BCUT2D eigenvalue weighted by atomic mass is 9.94. The molecule has 82 valence electrons. The lowest BCUT2D eigenvalue weighted by molar-refractivity contribution is -0.138. The number of carbonyl (C=O) groups is 1. The normalized spacial score (nSPS) is 26.9. The van der Waals surface area contributed by atoms with Crippen molar-refractivity contribution in [2.45, 2.75) is 45.1 Å². The molecule has 0 aromatic rings. The molecular weight excluding hydrogens is 178 g/mol. The molecule has 3 nitrogen and oxygen atoms in total. The Balaban J connectivity index is 2.49. The Morgan fingerprint density at radius 3 is 2.86 bits per heavy atom. The van der Waals surface area contributed by atoms with Gasteiger partial charge in [0.25, 0.3) is 0 Å². The minimum Gasteiger partial charge on any atom is -0.481 e. The van der Waals surface area contributed by atoms with Gasteiger partial charge in [0.1, 0.15) is 0 Å². The van der Waals surface area contributed by atoms with E-state index in [1.165, 1.54) is 19.3 Å². The summed E-state index contributed by atoms with van der Waals surface area (Å²) in [5.74, 6) is -0.397. The minimum absolute atomic E-state index is 0.274. The van der Waals surface area contributed by atoms with Crippen LogP contribution in [0.25, 0.3) is 0 Å². The highest BCUT2D eigenvalue weighted by Crippen LogP contribution is 2.23. The minimum atomic E-state index is -0.671. The van der Waals surface area contributed by atoms with Gasteiger partial charge in [0.15, 0.2) is 0 Å². The average molecular weight is 199 g/mol. The van der Waals surface area contributed by atoms with E-state index in [9.17, 15) is 4.79 Å². The molecule has 0 aromatic heterocycles. The predicted molar refractivity (Wildman–Crippen MR) is 56.3 cm³/mol. The second-order valence-corrected chi connectivity index (χ2v) is 4.47. The van der Waals surface area contributed by atoms with Crippen molar-refractivity contribution in [2.24, 2.45) is 5.92 Å². The van der Waals surface area contributed by atoms with Crippen molar-refractivity contribution in [3.63, 3.8) is 0 Å². The molecule has 0 saturated carbocycles. The summed E-state index contributed by atoms with van der Waals surface area (Å²) in [6, 6.07) is 0.466. The molecule has 1 fully saturated rings. The van der Waals surface area contributed by atoms with Crippen LogP contribution in [0.5, 0.6) is 0 Å². The van der Waals surface area contributed by atoms with E-state index in [1.54, 1.807) is 0 Å². The Kier molecular flexibility index (Phi) is 4.39. The molecule has 1 rings (SSSR count). The zero-order chi connectivity index (χ0) is 10.6. The van der Waals surface area contributed by atoms with Gasteiger partial charge in [0.2, 0.25) is 0 Å². The molecule has 0 amide bonds. The van der Waals surface area contributed by atoms with Crippen LogP contribution in [0.1, 0.15) is 39.0 Å². The summed E-state index contributed by atoms with van der Waals surface area (Å²) in [6.07, 6.45) is 5.26. The van der Waals surface area contributed by atoms with Gasteiger partial charge < -0.3 is 10.0 Å². The first-order valence-corrected chi connectivity index (χ1v) is 5.53. The van der Waals surface area contributed by atoms with E-state index in [4.69, 9.17) is 5.11 Å². The molecule has 2 atom stereocenters. The van der Waals surface area contributed by atoms with Gasteiger partial charge in [-0.3, -0.25) is 4.79 Å². The number of carboxylic acids is 1. The lowest BCUT2D eigenvalue weighted by Crippen LogP contribution is -2.37. The van der Waals surface area contributed by atoms with Crippen LogP contribution in [0, 0.1) is 5.92 Å². The first-order chi connectivity index (χ1) is 6.61.